The third-order valence-electron chi connectivity index (χ3n) is 12.7. The number of methoxy groups -OCH3 is 2. The third-order valence-corrected chi connectivity index (χ3v) is 14.1. The van der Waals surface area contributed by atoms with Crippen LogP contribution in [0.5, 0.6) is 23.4 Å². The minimum atomic E-state index is -0.997. The Morgan fingerprint density at radius 3 is 2.22 bits per heavy atom. The minimum absolute atomic E-state index is 0.0193. The standard InChI is InChI=1S/C47H47F4IN8O4/c1-26-36(49)27(2)39(52)34(37(26)50)41-38(51)42-35-43(57-46(56-42)64-25-47-15-6-18-59(47)24-31(48)21-47)60(19-20-63-45(35)55-41)28(3)40-44(54-17-16-53-40)58(22-29-7-11-32(61-4)12-8-29)23-30-9-13-33(62-5)14-10-30/h7-14,16-17,28,31H,6,15,18-25H2,1-5H3/t28-,31-,47+/m1/s1. The molecule has 3 aliphatic heterocycles. The lowest BCUT2D eigenvalue weighted by atomic mass is 9.95. The second-order valence-corrected chi connectivity index (χ2v) is 17.7. The van der Waals surface area contributed by atoms with Gasteiger partial charge in [0.05, 0.1) is 37.9 Å². The van der Waals surface area contributed by atoms with Crippen molar-refractivity contribution in [2.75, 3.05) is 56.9 Å². The molecule has 0 saturated carbocycles. The van der Waals surface area contributed by atoms with Crippen molar-refractivity contribution in [1.29, 1.82) is 0 Å². The van der Waals surface area contributed by atoms with Gasteiger partial charge in [-0.25, -0.2) is 27.5 Å². The van der Waals surface area contributed by atoms with E-state index in [0.29, 0.717) is 37.6 Å². The molecular formula is C47H47F4IN8O4. The van der Waals surface area contributed by atoms with Gasteiger partial charge in [-0.3, -0.25) is 9.88 Å². The van der Waals surface area contributed by atoms with E-state index in [1.807, 2.05) is 82.9 Å². The smallest absolute Gasteiger partial charge is 0.319 e. The van der Waals surface area contributed by atoms with Gasteiger partial charge in [-0.15, -0.1) is 0 Å². The molecule has 17 heteroatoms. The monoisotopic (exact) mass is 990 g/mol. The summed E-state index contributed by atoms with van der Waals surface area (Å²) in [5.41, 5.74) is 1.16. The Morgan fingerprint density at radius 2 is 1.55 bits per heavy atom. The van der Waals surface area contributed by atoms with Crippen LogP contribution in [0.1, 0.15) is 60.2 Å². The molecule has 9 rings (SSSR count). The molecule has 0 radical (unpaired) electrons. The number of pyridine rings is 1. The highest BCUT2D eigenvalue weighted by Crippen LogP contribution is 2.45. The summed E-state index contributed by atoms with van der Waals surface area (Å²) in [7, 11) is 3.25. The predicted molar refractivity (Wildman–Crippen MR) is 243 cm³/mol. The van der Waals surface area contributed by atoms with Crippen LogP contribution in [0.4, 0.5) is 29.2 Å². The Hall–Kier alpha value is -5.56. The van der Waals surface area contributed by atoms with Crippen molar-refractivity contribution in [1.82, 2.24) is 29.8 Å². The van der Waals surface area contributed by atoms with Crippen molar-refractivity contribution in [2.24, 2.45) is 0 Å². The van der Waals surface area contributed by atoms with Crippen LogP contribution in [-0.2, 0) is 13.1 Å². The molecule has 0 N–H and O–H groups in total. The van der Waals surface area contributed by atoms with E-state index in [1.54, 1.807) is 26.6 Å². The maximum absolute atomic E-state index is 17.4. The number of hydrogen-bond acceptors (Lipinski definition) is 12. The van der Waals surface area contributed by atoms with Crippen molar-refractivity contribution in [3.8, 4) is 34.6 Å². The van der Waals surface area contributed by atoms with Crippen LogP contribution in [-0.4, -0.2) is 88.6 Å². The summed E-state index contributed by atoms with van der Waals surface area (Å²) >= 11 is 1.82. The normalized spacial score (nSPS) is 18.7. The lowest BCUT2D eigenvalue weighted by Gasteiger charge is -2.33. The third kappa shape index (κ3) is 7.98. The number of halogens is 5. The maximum atomic E-state index is 17.4. The van der Waals surface area contributed by atoms with Crippen LogP contribution in [0.25, 0.3) is 22.2 Å². The van der Waals surface area contributed by atoms with Gasteiger partial charge >= 0.3 is 6.01 Å². The Morgan fingerprint density at radius 1 is 0.875 bits per heavy atom. The second kappa shape index (κ2) is 17.8. The molecule has 3 aromatic carbocycles. The van der Waals surface area contributed by atoms with Crippen molar-refractivity contribution in [2.45, 2.75) is 70.9 Å². The number of benzene rings is 3. The summed E-state index contributed by atoms with van der Waals surface area (Å²) in [5, 5.41) is 0.146. The van der Waals surface area contributed by atoms with Crippen LogP contribution in [0.3, 0.4) is 0 Å². The fourth-order valence-corrected chi connectivity index (χ4v) is 10.0. The quantitative estimate of drug-likeness (QED) is 0.0813. The average molecular weight is 991 g/mol. The first-order valence-corrected chi connectivity index (χ1v) is 22.3. The molecule has 3 aliphatic rings. The highest BCUT2D eigenvalue weighted by Gasteiger charge is 2.49. The Kier molecular flexibility index (Phi) is 12.1. The molecular weight excluding hydrogens is 943 g/mol. The molecule has 2 saturated heterocycles. The van der Waals surface area contributed by atoms with E-state index in [0.717, 1.165) is 42.0 Å². The second-order valence-electron chi connectivity index (χ2n) is 16.6. The minimum Gasteiger partial charge on any atom is -0.497 e. The Balaban J connectivity index is 1.17. The van der Waals surface area contributed by atoms with E-state index in [9.17, 15) is 4.39 Å². The molecule has 0 spiro atoms. The fraction of sp³-hybridized carbons (Fsp3) is 0.383. The number of alkyl halides is 1. The summed E-state index contributed by atoms with van der Waals surface area (Å²) < 4.78 is 87.1. The van der Waals surface area contributed by atoms with E-state index >= 15 is 13.2 Å². The zero-order chi connectivity index (χ0) is 44.9. The van der Waals surface area contributed by atoms with E-state index in [2.05, 4.69) is 19.8 Å². The molecule has 0 amide bonds. The maximum Gasteiger partial charge on any atom is 0.319 e. The van der Waals surface area contributed by atoms with Gasteiger partial charge in [0.25, 0.3) is 0 Å². The van der Waals surface area contributed by atoms with Crippen molar-refractivity contribution >= 4 is 45.1 Å². The highest BCUT2D eigenvalue weighted by molar-refractivity contribution is 14.1. The summed E-state index contributed by atoms with van der Waals surface area (Å²) in [6.07, 6.45) is 4.21. The molecule has 3 aromatic heterocycles. The number of ether oxygens (including phenoxy) is 4. The first kappa shape index (κ1) is 43.7. The molecule has 0 unspecified atom stereocenters. The molecule has 12 nitrogen and oxygen atoms in total. The van der Waals surface area contributed by atoms with Crippen molar-refractivity contribution < 1.29 is 36.5 Å². The van der Waals surface area contributed by atoms with Crippen molar-refractivity contribution in [3.05, 3.63) is 110 Å². The SMILES string of the molecule is COc1ccc(CN(Cc2ccc(OC)cc2)c2nccnc2[C@@H](C)N2CCOc3nc(-c4c(F)c(C)c(F)c(C)c4I)c(F)c4nc(OC[C@@]56CCCN5C[C@H](F)C6)nc2c34)cc1. The summed E-state index contributed by atoms with van der Waals surface area (Å²) in [6, 6.07) is 14.9. The number of nitrogens with zero attached hydrogens (tertiary/aromatic N) is 8. The van der Waals surface area contributed by atoms with Gasteiger partial charge in [0.2, 0.25) is 5.88 Å². The number of fused-ring (bicyclic) bond motifs is 1. The van der Waals surface area contributed by atoms with Crippen LogP contribution >= 0.6 is 22.6 Å². The summed E-state index contributed by atoms with van der Waals surface area (Å²) in [4.78, 5) is 30.2. The number of anilines is 2. The van der Waals surface area contributed by atoms with Crippen LogP contribution in [0.2, 0.25) is 0 Å². The van der Waals surface area contributed by atoms with E-state index in [1.165, 1.54) is 13.8 Å². The van der Waals surface area contributed by atoms with Gasteiger partial charge in [0.15, 0.2) is 11.6 Å². The molecule has 2 fully saturated rings. The number of hydrogen-bond donors (Lipinski definition) is 0. The predicted octanol–water partition coefficient (Wildman–Crippen LogP) is 9.26. The molecule has 0 bridgehead atoms. The first-order valence-electron chi connectivity index (χ1n) is 21.2. The molecule has 6 heterocycles. The summed E-state index contributed by atoms with van der Waals surface area (Å²) in [6.45, 7) is 7.15. The molecule has 6 aromatic rings. The van der Waals surface area contributed by atoms with Gasteiger partial charge < -0.3 is 28.7 Å². The van der Waals surface area contributed by atoms with Crippen LogP contribution in [0.15, 0.2) is 60.9 Å². The first-order chi connectivity index (χ1) is 30.9. The van der Waals surface area contributed by atoms with Crippen LogP contribution < -0.4 is 28.7 Å². The highest BCUT2D eigenvalue weighted by atomic mass is 127. The topological polar surface area (TPSA) is 111 Å². The zero-order valence-corrected chi connectivity index (χ0v) is 38.3. The van der Waals surface area contributed by atoms with E-state index < -0.39 is 35.2 Å². The molecule has 334 valence electrons. The largest absolute Gasteiger partial charge is 0.497 e. The fourth-order valence-electron chi connectivity index (χ4n) is 9.31. The number of aromatic nitrogens is 5. The van der Waals surface area contributed by atoms with E-state index in [-0.39, 0.29) is 74.3 Å². The van der Waals surface area contributed by atoms with Gasteiger partial charge in [-0.1, -0.05) is 24.3 Å². The van der Waals surface area contributed by atoms with Crippen LogP contribution in [0, 0.1) is 34.9 Å². The van der Waals surface area contributed by atoms with E-state index in [4.69, 9.17) is 33.9 Å². The Bertz CT molecular complexity index is 2640. The van der Waals surface area contributed by atoms with Gasteiger partial charge in [-0.05, 0) is 104 Å². The number of rotatable bonds is 13. The lowest BCUT2D eigenvalue weighted by Crippen LogP contribution is -2.43. The molecule has 0 aliphatic carbocycles. The lowest BCUT2D eigenvalue weighted by molar-refractivity contribution is 0.107. The molecule has 64 heavy (non-hydrogen) atoms. The van der Waals surface area contributed by atoms with Crippen molar-refractivity contribution in [3.63, 3.8) is 0 Å². The Labute approximate surface area is 382 Å². The van der Waals surface area contributed by atoms with Gasteiger partial charge in [0.1, 0.15) is 70.6 Å². The summed E-state index contributed by atoms with van der Waals surface area (Å²) in [5.74, 6) is -0.309. The molecule has 3 atom stereocenters. The van der Waals surface area contributed by atoms with Gasteiger partial charge in [-0.2, -0.15) is 9.97 Å². The average Bonchev–Trinajstić information content (AvgIpc) is 3.78. The zero-order valence-electron chi connectivity index (χ0n) is 36.1. The van der Waals surface area contributed by atoms with Gasteiger partial charge in [0, 0.05) is 47.6 Å².